The van der Waals surface area contributed by atoms with E-state index in [0.717, 1.165) is 11.7 Å². The molecule has 0 aromatic carbocycles. The maximum Gasteiger partial charge on any atom is 0.123 e. The van der Waals surface area contributed by atoms with E-state index < -0.39 is 0 Å². The molecule has 2 saturated heterocycles. The monoisotopic (exact) mass is 232 g/mol. The second-order valence-electron chi connectivity index (χ2n) is 5.11. The Morgan fingerprint density at radius 2 is 2.18 bits per heavy atom. The molecule has 0 radical (unpaired) electrons. The third kappa shape index (κ3) is 2.22. The van der Waals surface area contributed by atoms with Crippen LogP contribution in [0.25, 0.3) is 0 Å². The highest BCUT2D eigenvalue weighted by molar-refractivity contribution is 5.46. The van der Waals surface area contributed by atoms with Crippen LogP contribution in [-0.2, 0) is 0 Å². The van der Waals surface area contributed by atoms with Crippen molar-refractivity contribution in [3.05, 3.63) is 18.3 Å². The van der Waals surface area contributed by atoms with Gasteiger partial charge in [0.2, 0.25) is 0 Å². The lowest BCUT2D eigenvalue weighted by molar-refractivity contribution is 0.193. The van der Waals surface area contributed by atoms with Gasteiger partial charge < -0.3 is 11.1 Å². The van der Waals surface area contributed by atoms with E-state index in [0.29, 0.717) is 11.9 Å². The second-order valence-corrected chi connectivity index (χ2v) is 5.11. The Bertz CT molecular complexity index is 376. The molecular weight excluding hydrogens is 212 g/mol. The van der Waals surface area contributed by atoms with Crippen LogP contribution in [0, 0.1) is 0 Å². The summed E-state index contributed by atoms with van der Waals surface area (Å²) < 4.78 is 0. The summed E-state index contributed by atoms with van der Waals surface area (Å²) in [6.45, 7) is 2.52. The molecule has 2 unspecified atom stereocenters. The van der Waals surface area contributed by atoms with Crippen molar-refractivity contribution in [3.8, 4) is 0 Å². The Morgan fingerprint density at radius 3 is 3.00 bits per heavy atom. The van der Waals surface area contributed by atoms with E-state index in [1.807, 2.05) is 18.3 Å². The number of nitrogens with zero attached hydrogens (tertiary/aromatic N) is 2. The van der Waals surface area contributed by atoms with E-state index in [1.54, 1.807) is 0 Å². The molecule has 3 N–H and O–H groups in total. The number of hydrogen-bond acceptors (Lipinski definition) is 4. The van der Waals surface area contributed by atoms with Crippen LogP contribution in [0.2, 0.25) is 0 Å². The van der Waals surface area contributed by atoms with Crippen molar-refractivity contribution in [2.45, 2.75) is 37.8 Å². The first-order valence-corrected chi connectivity index (χ1v) is 6.55. The zero-order valence-electron chi connectivity index (χ0n) is 10.1. The average Bonchev–Trinajstić information content (AvgIpc) is 2.76. The summed E-state index contributed by atoms with van der Waals surface area (Å²) in [5.41, 5.74) is 6.69. The first-order valence-electron chi connectivity index (χ1n) is 6.55. The van der Waals surface area contributed by atoms with Crippen molar-refractivity contribution < 1.29 is 0 Å². The molecule has 0 bridgehead atoms. The average molecular weight is 232 g/mol. The molecule has 1 aromatic rings. The van der Waals surface area contributed by atoms with E-state index >= 15 is 0 Å². The van der Waals surface area contributed by atoms with E-state index in [9.17, 15) is 0 Å². The van der Waals surface area contributed by atoms with Crippen LogP contribution in [0.15, 0.2) is 18.3 Å². The molecular formula is C13H20N4. The number of nitrogen functional groups attached to an aromatic ring is 1. The molecule has 0 spiro atoms. The van der Waals surface area contributed by atoms with Crippen LogP contribution >= 0.6 is 0 Å². The number of nitrogens with two attached hydrogens (primary N) is 1. The summed E-state index contributed by atoms with van der Waals surface area (Å²) in [6, 6.07) is 5.19. The van der Waals surface area contributed by atoms with Gasteiger partial charge in [-0.15, -0.1) is 0 Å². The molecule has 1 aromatic heterocycles. The number of piperidine rings is 1. The maximum absolute atomic E-state index is 5.59. The fraction of sp³-hybridized carbons (Fsp3) is 0.615. The molecule has 3 heterocycles. The van der Waals surface area contributed by atoms with Crippen molar-refractivity contribution in [3.63, 3.8) is 0 Å². The van der Waals surface area contributed by atoms with Crippen molar-refractivity contribution in [1.82, 2.24) is 9.88 Å². The predicted octanol–water partition coefficient (Wildman–Crippen LogP) is 1.70. The van der Waals surface area contributed by atoms with Gasteiger partial charge in [-0.05, 0) is 37.9 Å². The van der Waals surface area contributed by atoms with Crippen LogP contribution < -0.4 is 11.1 Å². The van der Waals surface area contributed by atoms with Gasteiger partial charge in [0.05, 0.1) is 11.9 Å². The highest BCUT2D eigenvalue weighted by Crippen LogP contribution is 2.29. The summed E-state index contributed by atoms with van der Waals surface area (Å²) in [4.78, 5) is 6.76. The minimum atomic E-state index is 0.584. The minimum Gasteiger partial charge on any atom is -0.384 e. The smallest absolute Gasteiger partial charge is 0.123 e. The second kappa shape index (κ2) is 4.53. The van der Waals surface area contributed by atoms with E-state index in [2.05, 4.69) is 15.2 Å². The van der Waals surface area contributed by atoms with E-state index in [1.165, 1.54) is 38.8 Å². The van der Waals surface area contributed by atoms with Crippen molar-refractivity contribution in [2.75, 3.05) is 24.1 Å². The summed E-state index contributed by atoms with van der Waals surface area (Å²) in [6.07, 6.45) is 7.15. The van der Waals surface area contributed by atoms with Gasteiger partial charge in [-0.25, -0.2) is 4.98 Å². The summed E-state index contributed by atoms with van der Waals surface area (Å²) in [5.74, 6) is 0.585. The summed E-state index contributed by atoms with van der Waals surface area (Å²) in [7, 11) is 0. The highest BCUT2D eigenvalue weighted by atomic mass is 15.2. The Morgan fingerprint density at radius 1 is 1.24 bits per heavy atom. The molecule has 3 rings (SSSR count). The quantitative estimate of drug-likeness (QED) is 0.815. The number of pyridine rings is 1. The first kappa shape index (κ1) is 10.8. The van der Waals surface area contributed by atoms with Gasteiger partial charge in [-0.1, -0.05) is 6.42 Å². The topological polar surface area (TPSA) is 54.2 Å². The predicted molar refractivity (Wildman–Crippen MR) is 69.9 cm³/mol. The van der Waals surface area contributed by atoms with Gasteiger partial charge in [0.15, 0.2) is 0 Å². The van der Waals surface area contributed by atoms with Gasteiger partial charge >= 0.3 is 0 Å². The molecule has 92 valence electrons. The largest absolute Gasteiger partial charge is 0.384 e. The molecule has 17 heavy (non-hydrogen) atoms. The van der Waals surface area contributed by atoms with Crippen LogP contribution in [0.4, 0.5) is 11.5 Å². The lowest BCUT2D eigenvalue weighted by Crippen LogP contribution is -2.41. The zero-order chi connectivity index (χ0) is 11.7. The SMILES string of the molecule is Nc1ccc(NC2CCN3CCCCC23)cn1. The maximum atomic E-state index is 5.59. The van der Waals surface area contributed by atoms with Crippen molar-refractivity contribution >= 4 is 11.5 Å². The number of fused-ring (bicyclic) bond motifs is 1. The zero-order valence-corrected chi connectivity index (χ0v) is 10.1. The normalized spacial score (nSPS) is 28.9. The molecule has 0 amide bonds. The Balaban J connectivity index is 1.67. The Kier molecular flexibility index (Phi) is 2.89. The number of aromatic nitrogens is 1. The minimum absolute atomic E-state index is 0.584. The molecule has 0 saturated carbocycles. The van der Waals surface area contributed by atoms with Crippen molar-refractivity contribution in [1.29, 1.82) is 0 Å². The van der Waals surface area contributed by atoms with Gasteiger partial charge in [-0.3, -0.25) is 4.90 Å². The number of anilines is 2. The summed E-state index contributed by atoms with van der Waals surface area (Å²) in [5, 5.41) is 3.61. The molecule has 2 aliphatic heterocycles. The van der Waals surface area contributed by atoms with Crippen LogP contribution in [0.1, 0.15) is 25.7 Å². The molecule has 0 aliphatic carbocycles. The lowest BCUT2D eigenvalue weighted by Gasteiger charge is -2.32. The fourth-order valence-electron chi connectivity index (χ4n) is 3.12. The van der Waals surface area contributed by atoms with Crippen molar-refractivity contribution in [2.24, 2.45) is 0 Å². The third-order valence-corrected chi connectivity index (χ3v) is 3.99. The Labute approximate surface area is 102 Å². The van der Waals surface area contributed by atoms with E-state index in [4.69, 9.17) is 5.73 Å². The van der Waals surface area contributed by atoms with Crippen LogP contribution in [0.3, 0.4) is 0 Å². The fourth-order valence-corrected chi connectivity index (χ4v) is 3.12. The molecule has 4 nitrogen and oxygen atoms in total. The van der Waals surface area contributed by atoms with Gasteiger partial charge in [0.25, 0.3) is 0 Å². The van der Waals surface area contributed by atoms with E-state index in [-0.39, 0.29) is 0 Å². The lowest BCUT2D eigenvalue weighted by atomic mass is 9.99. The molecule has 2 fully saturated rings. The van der Waals surface area contributed by atoms with Gasteiger partial charge in [0, 0.05) is 18.6 Å². The first-order chi connectivity index (χ1) is 8.33. The number of nitrogens with one attached hydrogen (secondary N) is 1. The molecule has 4 heteroatoms. The highest BCUT2D eigenvalue weighted by Gasteiger charge is 2.35. The molecule has 2 aliphatic rings. The van der Waals surface area contributed by atoms with Crippen LogP contribution in [-0.4, -0.2) is 35.1 Å². The standard InChI is InChI=1S/C13H20N4/c14-13-5-4-10(9-15-13)16-11-6-8-17-7-2-1-3-12(11)17/h4-5,9,11-12,16H,1-3,6-8H2,(H2,14,15). The van der Waals surface area contributed by atoms with Gasteiger partial charge in [-0.2, -0.15) is 0 Å². The number of hydrogen-bond donors (Lipinski definition) is 2. The molecule has 2 atom stereocenters. The third-order valence-electron chi connectivity index (χ3n) is 3.99. The number of rotatable bonds is 2. The summed E-state index contributed by atoms with van der Waals surface area (Å²) >= 11 is 0. The van der Waals surface area contributed by atoms with Gasteiger partial charge in [0.1, 0.15) is 5.82 Å². The van der Waals surface area contributed by atoms with Crippen LogP contribution in [0.5, 0.6) is 0 Å². The Hall–Kier alpha value is -1.29.